The second kappa shape index (κ2) is 30.5. The van der Waals surface area contributed by atoms with E-state index in [-0.39, 0.29) is 17.1 Å². The zero-order valence-corrected chi connectivity index (χ0v) is 46.9. The Morgan fingerprint density at radius 3 is 0.474 bits per heavy atom. The molecular formula is C64H62BCuF4N2P4+4. The largest absolute Gasteiger partial charge is 1.00 e. The van der Waals surface area contributed by atoms with Gasteiger partial charge in [-0.05, 0) is 121 Å². The van der Waals surface area contributed by atoms with Crippen molar-refractivity contribution in [2.75, 3.05) is 34.9 Å². The van der Waals surface area contributed by atoms with Crippen molar-refractivity contribution in [3.05, 3.63) is 303 Å². The first kappa shape index (κ1) is 57.5. The normalized spacial score (nSPS) is 10.9. The van der Waals surface area contributed by atoms with E-state index in [1.54, 1.807) is 0 Å². The molecule has 0 saturated carbocycles. The number of benzene rings is 10. The predicted octanol–water partition coefficient (Wildman–Crippen LogP) is 13.6. The number of rotatable bonds is 18. The standard InChI is InChI=1S/2C32H29NP2.BF4.Cu/c2*1-6-16-28(17-7-1)33(26-34(29-18-8-2-9-19-29)30-20-10-3-11-21-30)27-35(31-22-12-4-13-23-31)32-24-14-5-15-25-32;2-1(3,4)5;/h2*1-25H,26-27H2;;/q;;-1;+1/p+4. The Bertz CT molecular complexity index is 2570. The van der Waals surface area contributed by atoms with Crippen LogP contribution in [0.4, 0.5) is 28.6 Å². The molecule has 10 aromatic rings. The predicted molar refractivity (Wildman–Crippen MR) is 329 cm³/mol. The summed E-state index contributed by atoms with van der Waals surface area (Å²) in [6.45, 7) is 0. The van der Waals surface area contributed by atoms with Crippen molar-refractivity contribution in [3.63, 3.8) is 0 Å². The third-order valence-electron chi connectivity index (χ3n) is 12.6. The third kappa shape index (κ3) is 18.0. The van der Waals surface area contributed by atoms with E-state index < -0.39 is 38.9 Å². The minimum Gasteiger partial charge on any atom is -0.418 e. The first-order valence-corrected chi connectivity index (χ1v) is 31.9. The van der Waals surface area contributed by atoms with Crippen molar-refractivity contribution in [2.24, 2.45) is 0 Å². The number of hydrogen-bond acceptors (Lipinski definition) is 2. The fourth-order valence-corrected chi connectivity index (χ4v) is 19.7. The average molecular weight is 1130 g/mol. The van der Waals surface area contributed by atoms with Crippen LogP contribution in [0.1, 0.15) is 0 Å². The maximum atomic E-state index is 9.75. The molecule has 10 aromatic carbocycles. The summed E-state index contributed by atoms with van der Waals surface area (Å²) < 4.78 is 39.0. The number of halogens is 4. The summed E-state index contributed by atoms with van der Waals surface area (Å²) in [6, 6.07) is 111. The van der Waals surface area contributed by atoms with Crippen LogP contribution in [0.25, 0.3) is 0 Å². The molecule has 0 bridgehead atoms. The molecule has 10 rings (SSSR count). The van der Waals surface area contributed by atoms with Crippen molar-refractivity contribution >= 4 is 92.8 Å². The smallest absolute Gasteiger partial charge is 0.418 e. The first-order chi connectivity index (χ1) is 36.8. The molecule has 0 saturated heterocycles. The molecule has 0 fully saturated rings. The van der Waals surface area contributed by atoms with Gasteiger partial charge in [0.2, 0.25) is 0 Å². The second-order valence-electron chi connectivity index (χ2n) is 17.7. The molecule has 0 amide bonds. The molecule has 0 N–H and O–H groups in total. The van der Waals surface area contributed by atoms with Gasteiger partial charge in [-0.3, -0.25) is 0 Å². The summed E-state index contributed by atoms with van der Waals surface area (Å²) in [5.74, 6) is 0. The van der Waals surface area contributed by atoms with Gasteiger partial charge in [-0.25, -0.2) is 0 Å². The molecule has 76 heavy (non-hydrogen) atoms. The van der Waals surface area contributed by atoms with Crippen LogP contribution >= 0.6 is 31.7 Å². The monoisotopic (exact) mass is 1130 g/mol. The molecule has 0 aliphatic heterocycles. The quantitative estimate of drug-likeness (QED) is 0.0480. The van der Waals surface area contributed by atoms with Crippen LogP contribution in [0.15, 0.2) is 303 Å². The van der Waals surface area contributed by atoms with E-state index in [9.17, 15) is 17.3 Å². The van der Waals surface area contributed by atoms with Crippen molar-refractivity contribution in [2.45, 2.75) is 0 Å². The Balaban J connectivity index is 0.000000201. The Morgan fingerprint density at radius 1 is 0.224 bits per heavy atom. The fourth-order valence-electron chi connectivity index (χ4n) is 9.03. The van der Waals surface area contributed by atoms with E-state index in [1.165, 1.54) is 53.8 Å². The van der Waals surface area contributed by atoms with Gasteiger partial charge in [0.1, 0.15) is 25.1 Å². The summed E-state index contributed by atoms with van der Waals surface area (Å²) in [7, 11) is -10.0. The van der Waals surface area contributed by atoms with Crippen LogP contribution in [0.2, 0.25) is 0 Å². The van der Waals surface area contributed by atoms with Crippen LogP contribution in [0, 0.1) is 0 Å². The summed E-state index contributed by atoms with van der Waals surface area (Å²) in [4.78, 5) is 5.31. The van der Waals surface area contributed by atoms with E-state index in [0.717, 1.165) is 25.1 Å². The van der Waals surface area contributed by atoms with Crippen LogP contribution in [-0.4, -0.2) is 32.4 Å². The summed E-state index contributed by atoms with van der Waals surface area (Å²) in [5.41, 5.74) is 2.60. The van der Waals surface area contributed by atoms with Crippen molar-refractivity contribution < 1.29 is 34.3 Å². The minimum absolute atomic E-state index is 0. The van der Waals surface area contributed by atoms with E-state index in [4.69, 9.17) is 0 Å². The number of nitrogens with zero attached hydrogens (tertiary/aromatic N) is 2. The molecular weight excluding hydrogens is 1070 g/mol. The van der Waals surface area contributed by atoms with E-state index in [0.29, 0.717) is 0 Å². The molecule has 0 heterocycles. The SMILES string of the molecule is F[B-](F)(F)F.[Cu+].c1ccc(N(C[PH+](c2ccccc2)c2ccccc2)C[PH+](c2ccccc2)c2ccccc2)cc1.c1ccc(N(C[PH+](c2ccccc2)c2ccccc2)C[PH+](c2ccccc2)c2ccccc2)cc1. The van der Waals surface area contributed by atoms with Crippen LogP contribution in [-0.2, 0) is 17.1 Å². The van der Waals surface area contributed by atoms with Gasteiger partial charge in [-0.2, -0.15) is 0 Å². The van der Waals surface area contributed by atoms with Crippen molar-refractivity contribution in [3.8, 4) is 0 Å². The molecule has 0 aromatic heterocycles. The zero-order valence-electron chi connectivity index (χ0n) is 42.0. The Labute approximate surface area is 462 Å². The summed E-state index contributed by atoms with van der Waals surface area (Å²) in [6.07, 6.45) is 4.10. The van der Waals surface area contributed by atoms with Gasteiger partial charge >= 0.3 is 24.3 Å². The van der Waals surface area contributed by atoms with Gasteiger partial charge in [0, 0.05) is 11.4 Å². The van der Waals surface area contributed by atoms with Crippen LogP contribution < -0.4 is 52.2 Å². The maximum Gasteiger partial charge on any atom is 1.00 e. The molecule has 0 aliphatic rings. The first-order valence-electron chi connectivity index (χ1n) is 25.1. The Morgan fingerprint density at radius 2 is 0.342 bits per heavy atom. The number of para-hydroxylation sites is 2. The molecule has 2 nitrogen and oxygen atoms in total. The third-order valence-corrected chi connectivity index (χ3v) is 23.7. The minimum atomic E-state index is -6.00. The van der Waals surface area contributed by atoms with Gasteiger partial charge in [-0.15, -0.1) is 0 Å². The van der Waals surface area contributed by atoms with Gasteiger partial charge in [0.05, 0.1) is 74.1 Å². The Kier molecular flexibility index (Phi) is 23.1. The second-order valence-corrected chi connectivity index (χ2v) is 27.4. The summed E-state index contributed by atoms with van der Waals surface area (Å²) in [5, 5.41) is 11.7. The number of hydrogen-bond donors (Lipinski definition) is 0. The van der Waals surface area contributed by atoms with Crippen LogP contribution in [0.3, 0.4) is 0 Å². The van der Waals surface area contributed by atoms with E-state index in [1.807, 2.05) is 0 Å². The number of anilines is 2. The van der Waals surface area contributed by atoms with Gasteiger partial charge in [0.15, 0.2) is 0 Å². The van der Waals surface area contributed by atoms with Gasteiger partial charge < -0.3 is 27.1 Å². The molecule has 12 heteroatoms. The molecule has 0 radical (unpaired) electrons. The molecule has 0 atom stereocenters. The maximum absolute atomic E-state index is 9.75. The molecule has 386 valence electrons. The Hall–Kier alpha value is -6.18. The topological polar surface area (TPSA) is 6.48 Å². The van der Waals surface area contributed by atoms with E-state index >= 15 is 0 Å². The van der Waals surface area contributed by atoms with Crippen molar-refractivity contribution in [1.29, 1.82) is 0 Å². The average Bonchev–Trinajstić information content (AvgIpc) is 3.47. The fraction of sp³-hybridized carbons (Fsp3) is 0.0625. The van der Waals surface area contributed by atoms with E-state index in [2.05, 4.69) is 313 Å². The summed E-state index contributed by atoms with van der Waals surface area (Å²) >= 11 is 0. The van der Waals surface area contributed by atoms with Gasteiger partial charge in [-0.1, -0.05) is 182 Å². The van der Waals surface area contributed by atoms with Gasteiger partial charge in [0.25, 0.3) is 0 Å². The molecule has 0 unspecified atom stereocenters. The zero-order chi connectivity index (χ0) is 51.9. The molecule has 0 aliphatic carbocycles. The van der Waals surface area contributed by atoms with Crippen LogP contribution in [0.5, 0.6) is 0 Å². The molecule has 0 spiro atoms. The van der Waals surface area contributed by atoms with Crippen molar-refractivity contribution in [1.82, 2.24) is 0 Å².